The molecule has 0 rings (SSSR count). The number of nitrogens with zero attached hydrogens (tertiary/aromatic N) is 1. The fraction of sp³-hybridized carbons (Fsp3) is 0.917. The quantitative estimate of drug-likeness (QED) is 0.583. The summed E-state index contributed by atoms with van der Waals surface area (Å²) in [5, 5.41) is 0. The Kier molecular flexibility index (Phi) is 9.65. The minimum absolute atomic E-state index is 0.424. The van der Waals surface area contributed by atoms with Crippen molar-refractivity contribution in [2.24, 2.45) is 16.3 Å². The topological polar surface area (TPSA) is 12.4 Å². The first kappa shape index (κ1) is 15.2. The van der Waals surface area contributed by atoms with E-state index in [9.17, 15) is 0 Å². The molecule has 0 N–H and O–H groups in total. The molecule has 0 amide bonds. The summed E-state index contributed by atoms with van der Waals surface area (Å²) < 4.78 is 0. The molecule has 0 spiro atoms. The Morgan fingerprint density at radius 3 is 2.00 bits per heavy atom. The van der Waals surface area contributed by atoms with Gasteiger partial charge in [0.05, 0.1) is 0 Å². The normalized spacial score (nSPS) is 11.7. The van der Waals surface area contributed by atoms with E-state index in [1.54, 1.807) is 0 Å². The summed E-state index contributed by atoms with van der Waals surface area (Å²) in [4.78, 5) is 4.00. The number of aliphatic imine (C=N–C) groups is 1. The van der Waals surface area contributed by atoms with Crippen molar-refractivity contribution in [3.8, 4) is 0 Å². The third-order valence-corrected chi connectivity index (χ3v) is 1.79. The van der Waals surface area contributed by atoms with Crippen LogP contribution in [-0.2, 0) is 0 Å². The van der Waals surface area contributed by atoms with Crippen molar-refractivity contribution in [1.29, 1.82) is 0 Å². The molecule has 13 heavy (non-hydrogen) atoms. The van der Waals surface area contributed by atoms with Crippen molar-refractivity contribution < 1.29 is 0 Å². The van der Waals surface area contributed by atoms with Crippen LogP contribution >= 0.6 is 0 Å². The van der Waals surface area contributed by atoms with Gasteiger partial charge in [-0.15, -0.1) is 0 Å². The van der Waals surface area contributed by atoms with Gasteiger partial charge in [0, 0.05) is 7.05 Å². The lowest BCUT2D eigenvalue weighted by molar-refractivity contribution is 0.301. The molecule has 0 aliphatic heterocycles. The van der Waals surface area contributed by atoms with Crippen LogP contribution in [0.3, 0.4) is 0 Å². The molecule has 1 heteroatoms. The average Bonchev–Trinajstić information content (AvgIpc) is 2.03. The maximum absolute atomic E-state index is 4.00. The second-order valence-electron chi connectivity index (χ2n) is 4.41. The SMILES string of the molecule is CC.CN=CCC(C)(C)CC(C)C. The van der Waals surface area contributed by atoms with Gasteiger partial charge in [-0.25, -0.2) is 0 Å². The molecule has 0 aliphatic carbocycles. The molecule has 0 radical (unpaired) electrons. The molecule has 0 saturated carbocycles. The first-order valence-electron chi connectivity index (χ1n) is 5.38. The first-order valence-corrected chi connectivity index (χ1v) is 5.38. The van der Waals surface area contributed by atoms with E-state index in [4.69, 9.17) is 0 Å². The van der Waals surface area contributed by atoms with E-state index in [1.807, 2.05) is 27.1 Å². The van der Waals surface area contributed by atoms with E-state index in [0.717, 1.165) is 12.3 Å². The molecule has 1 nitrogen and oxygen atoms in total. The summed E-state index contributed by atoms with van der Waals surface area (Å²) in [5.41, 5.74) is 0.424. The number of rotatable bonds is 4. The smallest absolute Gasteiger partial charge is 0.0273 e. The van der Waals surface area contributed by atoms with Crippen LogP contribution in [0.5, 0.6) is 0 Å². The van der Waals surface area contributed by atoms with Gasteiger partial charge in [0.25, 0.3) is 0 Å². The van der Waals surface area contributed by atoms with Crippen molar-refractivity contribution in [2.45, 2.75) is 54.4 Å². The third-order valence-electron chi connectivity index (χ3n) is 1.79. The summed E-state index contributed by atoms with van der Waals surface area (Å²) in [6.45, 7) is 13.1. The molecule has 0 atom stereocenters. The summed E-state index contributed by atoms with van der Waals surface area (Å²) >= 11 is 0. The van der Waals surface area contributed by atoms with Gasteiger partial charge in [-0.05, 0) is 30.4 Å². The monoisotopic (exact) mass is 185 g/mol. The maximum atomic E-state index is 4.00. The van der Waals surface area contributed by atoms with E-state index in [-0.39, 0.29) is 0 Å². The van der Waals surface area contributed by atoms with E-state index in [2.05, 4.69) is 32.7 Å². The van der Waals surface area contributed by atoms with Gasteiger partial charge in [0.1, 0.15) is 0 Å². The second kappa shape index (κ2) is 8.28. The van der Waals surface area contributed by atoms with Crippen molar-refractivity contribution in [3.05, 3.63) is 0 Å². The fourth-order valence-corrected chi connectivity index (χ4v) is 1.53. The largest absolute Gasteiger partial charge is 0.301 e. The van der Waals surface area contributed by atoms with E-state index < -0.39 is 0 Å². The Labute approximate surface area is 84.7 Å². The highest BCUT2D eigenvalue weighted by atomic mass is 14.6. The molecule has 0 heterocycles. The van der Waals surface area contributed by atoms with Crippen molar-refractivity contribution in [3.63, 3.8) is 0 Å². The zero-order valence-corrected chi connectivity index (χ0v) is 10.5. The highest BCUT2D eigenvalue weighted by molar-refractivity contribution is 5.57. The Morgan fingerprint density at radius 1 is 1.23 bits per heavy atom. The van der Waals surface area contributed by atoms with Crippen LogP contribution in [-0.4, -0.2) is 13.3 Å². The Balaban J connectivity index is 0. The van der Waals surface area contributed by atoms with Gasteiger partial charge in [-0.1, -0.05) is 41.5 Å². The van der Waals surface area contributed by atoms with Gasteiger partial charge >= 0.3 is 0 Å². The van der Waals surface area contributed by atoms with Crippen LogP contribution in [0.1, 0.15) is 54.4 Å². The molecular formula is C12H27N. The summed E-state index contributed by atoms with van der Waals surface area (Å²) in [6.07, 6.45) is 4.39. The Morgan fingerprint density at radius 2 is 1.69 bits per heavy atom. The van der Waals surface area contributed by atoms with Gasteiger partial charge in [0.2, 0.25) is 0 Å². The van der Waals surface area contributed by atoms with Crippen LogP contribution in [0.4, 0.5) is 0 Å². The van der Waals surface area contributed by atoms with E-state index >= 15 is 0 Å². The minimum atomic E-state index is 0.424. The van der Waals surface area contributed by atoms with Gasteiger partial charge in [-0.3, -0.25) is 0 Å². The number of hydrogen-bond acceptors (Lipinski definition) is 1. The zero-order chi connectivity index (χ0) is 10.9. The summed E-state index contributed by atoms with van der Waals surface area (Å²) in [6, 6.07) is 0. The van der Waals surface area contributed by atoms with Crippen molar-refractivity contribution >= 4 is 6.21 Å². The molecule has 0 aromatic rings. The molecule has 0 saturated heterocycles. The highest BCUT2D eigenvalue weighted by Crippen LogP contribution is 2.27. The van der Waals surface area contributed by atoms with Gasteiger partial charge < -0.3 is 4.99 Å². The molecule has 0 aromatic carbocycles. The van der Waals surface area contributed by atoms with Crippen LogP contribution < -0.4 is 0 Å². The molecule has 80 valence electrons. The molecule has 0 aliphatic rings. The van der Waals surface area contributed by atoms with Crippen LogP contribution in [0, 0.1) is 11.3 Å². The lowest BCUT2D eigenvalue weighted by Crippen LogP contribution is -2.14. The summed E-state index contributed by atoms with van der Waals surface area (Å²) in [7, 11) is 1.84. The Hall–Kier alpha value is -0.330. The standard InChI is InChI=1S/C10H21N.C2H6/c1-9(2)8-10(3,4)6-7-11-5;1-2/h7,9H,6,8H2,1-5H3;1-2H3. The van der Waals surface area contributed by atoms with E-state index in [1.165, 1.54) is 6.42 Å². The molecule has 0 unspecified atom stereocenters. The van der Waals surface area contributed by atoms with Crippen LogP contribution in [0.25, 0.3) is 0 Å². The maximum Gasteiger partial charge on any atom is 0.0273 e. The predicted molar refractivity (Wildman–Crippen MR) is 63.6 cm³/mol. The zero-order valence-electron chi connectivity index (χ0n) is 10.5. The lowest BCUT2D eigenvalue weighted by atomic mass is 9.81. The molecular weight excluding hydrogens is 158 g/mol. The Bertz CT molecular complexity index is 123. The minimum Gasteiger partial charge on any atom is -0.301 e. The lowest BCUT2D eigenvalue weighted by Gasteiger charge is -2.24. The van der Waals surface area contributed by atoms with Gasteiger partial charge in [0.15, 0.2) is 0 Å². The fourth-order valence-electron chi connectivity index (χ4n) is 1.53. The third kappa shape index (κ3) is 11.7. The average molecular weight is 185 g/mol. The molecule has 0 bridgehead atoms. The predicted octanol–water partition coefficient (Wildman–Crippen LogP) is 4.18. The number of hydrogen-bond donors (Lipinski definition) is 0. The van der Waals surface area contributed by atoms with Gasteiger partial charge in [-0.2, -0.15) is 0 Å². The second-order valence-corrected chi connectivity index (χ2v) is 4.41. The highest BCUT2D eigenvalue weighted by Gasteiger charge is 2.17. The molecule has 0 fully saturated rings. The van der Waals surface area contributed by atoms with Crippen molar-refractivity contribution in [2.75, 3.05) is 7.05 Å². The molecule has 0 aromatic heterocycles. The van der Waals surface area contributed by atoms with E-state index in [0.29, 0.717) is 5.41 Å². The first-order chi connectivity index (χ1) is 5.98. The van der Waals surface area contributed by atoms with Crippen LogP contribution in [0.2, 0.25) is 0 Å². The summed E-state index contributed by atoms with van der Waals surface area (Å²) in [5.74, 6) is 0.787. The van der Waals surface area contributed by atoms with Crippen molar-refractivity contribution in [1.82, 2.24) is 0 Å². The van der Waals surface area contributed by atoms with Crippen LogP contribution in [0.15, 0.2) is 4.99 Å².